The third kappa shape index (κ3) is 5.78. The first kappa shape index (κ1) is 28.7. The van der Waals surface area contributed by atoms with Gasteiger partial charge in [-0.15, -0.1) is 23.5 Å². The molecule has 0 atom stereocenters. The van der Waals surface area contributed by atoms with Crippen molar-refractivity contribution < 1.29 is 22.7 Å². The smallest absolute Gasteiger partial charge is 0.390 e. The van der Waals surface area contributed by atoms with E-state index in [1.54, 1.807) is 47.4 Å². The van der Waals surface area contributed by atoms with E-state index < -0.39 is 16.7 Å². The summed E-state index contributed by atoms with van der Waals surface area (Å²) in [5.41, 5.74) is 5.55. The molecular formula is C30H30F3N5O2S2. The van der Waals surface area contributed by atoms with E-state index in [1.807, 2.05) is 49.4 Å². The Kier molecular flexibility index (Phi) is 7.77. The maximum absolute atomic E-state index is 13.0. The number of imidazole rings is 1. The number of halogens is 3. The summed E-state index contributed by atoms with van der Waals surface area (Å²) in [6, 6.07) is 15.5. The van der Waals surface area contributed by atoms with Crippen molar-refractivity contribution >= 4 is 40.8 Å². The molecule has 220 valence electrons. The van der Waals surface area contributed by atoms with Crippen LogP contribution in [0.25, 0.3) is 16.9 Å². The van der Waals surface area contributed by atoms with Gasteiger partial charge in [0.2, 0.25) is 0 Å². The number of nitrogens with one attached hydrogen (secondary N) is 2. The predicted octanol–water partition coefficient (Wildman–Crippen LogP) is 6.65. The molecule has 6 rings (SSSR count). The van der Waals surface area contributed by atoms with Gasteiger partial charge >= 0.3 is 6.18 Å². The van der Waals surface area contributed by atoms with Gasteiger partial charge in [-0.1, -0.05) is 18.2 Å². The number of benzene rings is 2. The highest BCUT2D eigenvalue weighted by molar-refractivity contribution is 8.20. The SMILES string of the molecule is COc1ccc(C2(c3cc(NCCC(F)(F)F)c4ncc(-c5ccc(C(=O)NC6CC6)c(C)c5)n4n3)SCCS2)cc1. The van der Waals surface area contributed by atoms with Crippen molar-refractivity contribution in [1.82, 2.24) is 19.9 Å². The van der Waals surface area contributed by atoms with Gasteiger partial charge < -0.3 is 15.4 Å². The van der Waals surface area contributed by atoms with Crippen molar-refractivity contribution in [2.75, 3.05) is 30.5 Å². The number of hydrogen-bond donors (Lipinski definition) is 2. The molecule has 2 N–H and O–H groups in total. The maximum Gasteiger partial charge on any atom is 0.390 e. The van der Waals surface area contributed by atoms with Crippen LogP contribution in [-0.4, -0.2) is 57.9 Å². The highest BCUT2D eigenvalue weighted by atomic mass is 32.2. The normalized spacial score (nSPS) is 16.5. The molecule has 42 heavy (non-hydrogen) atoms. The number of thioether (sulfide) groups is 2. The standard InChI is InChI=1S/C30H30F3N5O2S2/c1-18-15-19(3-10-23(18)28(39)36-21-6-7-21)25-17-35-27-24(34-12-11-29(31,32)33)16-26(37-38(25)27)30(41-13-14-42-30)20-4-8-22(40-2)9-5-20/h3-5,8-10,15-17,21,34H,6-7,11-14H2,1-2H3,(H,36,39). The molecule has 1 aliphatic carbocycles. The second-order valence-corrected chi connectivity index (χ2v) is 13.3. The molecule has 0 unspecified atom stereocenters. The number of hydrogen-bond acceptors (Lipinski definition) is 7. The Morgan fingerprint density at radius 1 is 1.12 bits per heavy atom. The Hall–Kier alpha value is -3.38. The molecule has 2 aromatic carbocycles. The Balaban J connectivity index is 1.45. The van der Waals surface area contributed by atoms with E-state index in [1.165, 1.54) is 0 Å². The maximum atomic E-state index is 13.0. The topological polar surface area (TPSA) is 80.5 Å². The molecule has 1 aliphatic heterocycles. The Bertz CT molecular complexity index is 1610. The van der Waals surface area contributed by atoms with Crippen LogP contribution in [0.1, 0.15) is 46.4 Å². The first-order valence-corrected chi connectivity index (χ1v) is 15.7. The van der Waals surface area contributed by atoms with E-state index in [0.717, 1.165) is 46.8 Å². The zero-order valence-corrected chi connectivity index (χ0v) is 24.8. The van der Waals surface area contributed by atoms with E-state index in [4.69, 9.17) is 9.84 Å². The van der Waals surface area contributed by atoms with Crippen LogP contribution in [0, 0.1) is 6.92 Å². The fraction of sp³-hybridized carbons (Fsp3) is 0.367. The molecule has 4 aromatic rings. The van der Waals surface area contributed by atoms with Gasteiger partial charge in [-0.3, -0.25) is 4.79 Å². The lowest BCUT2D eigenvalue weighted by Crippen LogP contribution is -2.26. The molecule has 1 saturated heterocycles. The monoisotopic (exact) mass is 613 g/mol. The predicted molar refractivity (Wildman–Crippen MR) is 161 cm³/mol. The molecular weight excluding hydrogens is 583 g/mol. The number of carbonyl (C=O) groups excluding carboxylic acids is 1. The number of nitrogens with zero attached hydrogens (tertiary/aromatic N) is 3. The fourth-order valence-electron chi connectivity index (χ4n) is 5.05. The van der Waals surface area contributed by atoms with Gasteiger partial charge in [0.1, 0.15) is 9.83 Å². The van der Waals surface area contributed by atoms with Gasteiger partial charge in [0.15, 0.2) is 5.65 Å². The minimum atomic E-state index is -4.29. The summed E-state index contributed by atoms with van der Waals surface area (Å²) in [5.74, 6) is 2.44. The zero-order valence-electron chi connectivity index (χ0n) is 23.1. The molecule has 1 amide bonds. The first-order chi connectivity index (χ1) is 20.2. The number of carbonyl (C=O) groups is 1. The second-order valence-electron chi connectivity index (χ2n) is 10.4. The van der Waals surface area contributed by atoms with E-state index in [-0.39, 0.29) is 18.5 Å². The summed E-state index contributed by atoms with van der Waals surface area (Å²) in [7, 11) is 1.62. The third-order valence-electron chi connectivity index (χ3n) is 7.37. The molecule has 0 spiro atoms. The number of amides is 1. The molecule has 0 radical (unpaired) electrons. The van der Waals surface area contributed by atoms with Crippen molar-refractivity contribution in [3.05, 3.63) is 77.1 Å². The number of fused-ring (bicyclic) bond motifs is 1. The molecule has 2 aromatic heterocycles. The summed E-state index contributed by atoms with van der Waals surface area (Å²) in [6.07, 6.45) is -1.57. The highest BCUT2D eigenvalue weighted by Crippen LogP contribution is 2.56. The van der Waals surface area contributed by atoms with E-state index in [2.05, 4.69) is 15.6 Å². The summed E-state index contributed by atoms with van der Waals surface area (Å²) in [6.45, 7) is 1.60. The zero-order chi connectivity index (χ0) is 29.5. The van der Waals surface area contributed by atoms with Crippen LogP contribution in [0.4, 0.5) is 18.9 Å². The van der Waals surface area contributed by atoms with Crippen LogP contribution in [0.3, 0.4) is 0 Å². The van der Waals surface area contributed by atoms with Gasteiger partial charge in [-0.2, -0.15) is 18.3 Å². The number of alkyl halides is 3. The van der Waals surface area contributed by atoms with E-state index >= 15 is 0 Å². The molecule has 2 fully saturated rings. The summed E-state index contributed by atoms with van der Waals surface area (Å²) < 4.78 is 45.6. The summed E-state index contributed by atoms with van der Waals surface area (Å²) in [4.78, 5) is 17.3. The van der Waals surface area contributed by atoms with E-state index in [0.29, 0.717) is 28.3 Å². The molecule has 2 aliphatic rings. The third-order valence-corrected chi connectivity index (χ3v) is 10.9. The van der Waals surface area contributed by atoms with Crippen LogP contribution < -0.4 is 15.4 Å². The minimum Gasteiger partial charge on any atom is -0.497 e. The lowest BCUT2D eigenvalue weighted by molar-refractivity contribution is -0.131. The number of rotatable bonds is 9. The van der Waals surface area contributed by atoms with Crippen molar-refractivity contribution in [3.63, 3.8) is 0 Å². The lowest BCUT2D eigenvalue weighted by Gasteiger charge is -2.28. The highest BCUT2D eigenvalue weighted by Gasteiger charge is 2.42. The van der Waals surface area contributed by atoms with Crippen molar-refractivity contribution in [3.8, 4) is 17.0 Å². The van der Waals surface area contributed by atoms with Crippen LogP contribution in [0.2, 0.25) is 0 Å². The van der Waals surface area contributed by atoms with Gasteiger partial charge in [-0.25, -0.2) is 9.50 Å². The Morgan fingerprint density at radius 3 is 2.50 bits per heavy atom. The van der Waals surface area contributed by atoms with Crippen LogP contribution in [0.5, 0.6) is 5.75 Å². The largest absolute Gasteiger partial charge is 0.497 e. The lowest BCUT2D eigenvalue weighted by atomic mass is 10.0. The second kappa shape index (κ2) is 11.4. The number of aryl methyl sites for hydroxylation is 1. The summed E-state index contributed by atoms with van der Waals surface area (Å²) in [5, 5.41) is 11.1. The molecule has 12 heteroatoms. The number of methoxy groups -OCH3 is 1. The summed E-state index contributed by atoms with van der Waals surface area (Å²) >= 11 is 3.50. The average Bonchev–Trinajstić information content (AvgIpc) is 3.45. The van der Waals surface area contributed by atoms with Crippen molar-refractivity contribution in [2.45, 2.75) is 42.5 Å². The average molecular weight is 614 g/mol. The number of ether oxygens (including phenoxy) is 1. The first-order valence-electron chi connectivity index (χ1n) is 13.7. The Labute approximate surface area is 250 Å². The van der Waals surface area contributed by atoms with Gasteiger partial charge in [0.25, 0.3) is 5.91 Å². The van der Waals surface area contributed by atoms with Gasteiger partial charge in [-0.05, 0) is 61.2 Å². The molecule has 1 saturated carbocycles. The quantitative estimate of drug-likeness (QED) is 0.219. The van der Waals surface area contributed by atoms with Gasteiger partial charge in [0, 0.05) is 35.2 Å². The molecule has 7 nitrogen and oxygen atoms in total. The van der Waals surface area contributed by atoms with Crippen LogP contribution in [0.15, 0.2) is 54.7 Å². The fourth-order valence-corrected chi connectivity index (χ4v) is 8.22. The number of aromatic nitrogens is 3. The molecule has 0 bridgehead atoms. The van der Waals surface area contributed by atoms with E-state index in [9.17, 15) is 18.0 Å². The number of anilines is 1. The van der Waals surface area contributed by atoms with Gasteiger partial charge in [0.05, 0.1) is 36.8 Å². The minimum absolute atomic E-state index is 0.0898. The van der Waals surface area contributed by atoms with Crippen molar-refractivity contribution in [1.29, 1.82) is 0 Å². The Morgan fingerprint density at radius 2 is 1.86 bits per heavy atom. The van der Waals surface area contributed by atoms with Crippen molar-refractivity contribution in [2.24, 2.45) is 0 Å². The van der Waals surface area contributed by atoms with Crippen LogP contribution >= 0.6 is 23.5 Å². The van der Waals surface area contributed by atoms with Crippen LogP contribution in [-0.2, 0) is 4.08 Å². The molecule has 3 heterocycles.